The number of anilines is 2. The molecule has 0 radical (unpaired) electrons. The lowest BCUT2D eigenvalue weighted by molar-refractivity contribution is 0.155. The van der Waals surface area contributed by atoms with Crippen molar-refractivity contribution in [2.75, 3.05) is 11.1 Å². The standard InChI is InChI=1S/C14H22N4/c1-13(2)9-4-6-14(3,8-9)11(13)18-12-16-7-5-10(15)17-12/h5,7,9,11H,4,6,8H2,1-3H3,(H3,15,16,17,18). The summed E-state index contributed by atoms with van der Waals surface area (Å²) in [6, 6.07) is 2.16. The Morgan fingerprint density at radius 2 is 2.17 bits per heavy atom. The highest BCUT2D eigenvalue weighted by Gasteiger charge is 2.59. The van der Waals surface area contributed by atoms with Gasteiger partial charge in [-0.15, -0.1) is 0 Å². The van der Waals surface area contributed by atoms with Crippen LogP contribution in [0.15, 0.2) is 12.3 Å². The topological polar surface area (TPSA) is 63.8 Å². The molecule has 1 aromatic rings. The Labute approximate surface area is 108 Å². The summed E-state index contributed by atoms with van der Waals surface area (Å²) < 4.78 is 0. The van der Waals surface area contributed by atoms with E-state index in [0.717, 1.165) is 5.92 Å². The van der Waals surface area contributed by atoms with Crippen molar-refractivity contribution in [3.8, 4) is 0 Å². The van der Waals surface area contributed by atoms with E-state index in [2.05, 4.69) is 36.1 Å². The van der Waals surface area contributed by atoms with Gasteiger partial charge in [0, 0.05) is 12.2 Å². The monoisotopic (exact) mass is 246 g/mol. The van der Waals surface area contributed by atoms with E-state index >= 15 is 0 Å². The minimum atomic E-state index is 0.307. The maximum absolute atomic E-state index is 5.72. The molecule has 3 rings (SSSR count). The van der Waals surface area contributed by atoms with Crippen LogP contribution in [0.1, 0.15) is 40.0 Å². The summed E-state index contributed by atoms with van der Waals surface area (Å²) in [4.78, 5) is 8.55. The molecule has 2 aliphatic rings. The second-order valence-electron chi connectivity index (χ2n) is 6.80. The molecule has 3 unspecified atom stereocenters. The fourth-order valence-electron chi connectivity index (χ4n) is 4.23. The maximum Gasteiger partial charge on any atom is 0.224 e. The van der Waals surface area contributed by atoms with E-state index in [1.54, 1.807) is 12.3 Å². The summed E-state index contributed by atoms with van der Waals surface area (Å²) in [6.45, 7) is 7.13. The van der Waals surface area contributed by atoms with E-state index in [1.807, 2.05) is 0 Å². The average molecular weight is 246 g/mol. The second-order valence-corrected chi connectivity index (χ2v) is 6.80. The summed E-state index contributed by atoms with van der Waals surface area (Å²) >= 11 is 0. The van der Waals surface area contributed by atoms with Gasteiger partial charge in [-0.25, -0.2) is 4.98 Å². The van der Waals surface area contributed by atoms with Gasteiger partial charge in [-0.05, 0) is 42.1 Å². The summed E-state index contributed by atoms with van der Waals surface area (Å²) in [5.74, 6) is 2.02. The van der Waals surface area contributed by atoms with Crippen LogP contribution in [-0.4, -0.2) is 16.0 Å². The van der Waals surface area contributed by atoms with Crippen LogP contribution >= 0.6 is 0 Å². The molecule has 2 fully saturated rings. The smallest absolute Gasteiger partial charge is 0.224 e. The van der Waals surface area contributed by atoms with Gasteiger partial charge in [0.15, 0.2) is 0 Å². The first-order valence-corrected chi connectivity index (χ1v) is 6.77. The van der Waals surface area contributed by atoms with Crippen LogP contribution in [0.3, 0.4) is 0 Å². The van der Waals surface area contributed by atoms with E-state index in [1.165, 1.54) is 19.3 Å². The van der Waals surface area contributed by atoms with E-state index in [9.17, 15) is 0 Å². The van der Waals surface area contributed by atoms with Gasteiger partial charge in [0.2, 0.25) is 5.95 Å². The molecule has 3 N–H and O–H groups in total. The Hall–Kier alpha value is -1.32. The van der Waals surface area contributed by atoms with Crippen LogP contribution in [0.2, 0.25) is 0 Å². The van der Waals surface area contributed by atoms with Crippen molar-refractivity contribution in [2.24, 2.45) is 16.7 Å². The molecular formula is C14H22N4. The normalized spacial score (nSPS) is 36.8. The molecule has 4 heteroatoms. The van der Waals surface area contributed by atoms with E-state index in [4.69, 9.17) is 5.73 Å². The zero-order valence-corrected chi connectivity index (χ0v) is 11.4. The zero-order valence-electron chi connectivity index (χ0n) is 11.4. The number of hydrogen-bond acceptors (Lipinski definition) is 4. The molecule has 4 nitrogen and oxygen atoms in total. The van der Waals surface area contributed by atoms with Gasteiger partial charge < -0.3 is 11.1 Å². The predicted molar refractivity (Wildman–Crippen MR) is 73.1 cm³/mol. The third-order valence-electron chi connectivity index (χ3n) is 5.22. The molecule has 2 aliphatic carbocycles. The van der Waals surface area contributed by atoms with Crippen molar-refractivity contribution in [1.82, 2.24) is 9.97 Å². The van der Waals surface area contributed by atoms with Gasteiger partial charge in [0.25, 0.3) is 0 Å². The molecule has 18 heavy (non-hydrogen) atoms. The van der Waals surface area contributed by atoms with Crippen LogP contribution in [0.25, 0.3) is 0 Å². The minimum absolute atomic E-state index is 0.307. The number of nitrogen functional groups attached to an aromatic ring is 1. The first kappa shape index (κ1) is 11.8. The quantitative estimate of drug-likeness (QED) is 0.842. The Kier molecular flexibility index (Phi) is 2.34. The molecule has 2 saturated carbocycles. The number of nitrogens with one attached hydrogen (secondary N) is 1. The second kappa shape index (κ2) is 3.59. The van der Waals surface area contributed by atoms with Crippen molar-refractivity contribution >= 4 is 11.8 Å². The molecule has 2 bridgehead atoms. The largest absolute Gasteiger partial charge is 0.384 e. The Morgan fingerprint density at radius 3 is 2.78 bits per heavy atom. The van der Waals surface area contributed by atoms with Gasteiger partial charge >= 0.3 is 0 Å². The number of hydrogen-bond donors (Lipinski definition) is 2. The average Bonchev–Trinajstić information content (AvgIpc) is 2.76. The SMILES string of the molecule is CC12CCC(C1)C(C)(C)C2Nc1nccc(N)n1. The molecule has 98 valence electrons. The lowest BCUT2D eigenvalue weighted by Gasteiger charge is -2.43. The summed E-state index contributed by atoms with van der Waals surface area (Å²) in [5.41, 5.74) is 6.40. The Balaban J connectivity index is 1.88. The van der Waals surface area contributed by atoms with Crippen LogP contribution in [-0.2, 0) is 0 Å². The summed E-state index contributed by atoms with van der Waals surface area (Å²) in [7, 11) is 0. The van der Waals surface area contributed by atoms with Crippen molar-refractivity contribution in [1.29, 1.82) is 0 Å². The van der Waals surface area contributed by atoms with Crippen molar-refractivity contribution in [3.63, 3.8) is 0 Å². The fraction of sp³-hybridized carbons (Fsp3) is 0.714. The summed E-state index contributed by atoms with van der Waals surface area (Å²) in [5, 5.41) is 3.54. The highest BCUT2D eigenvalue weighted by atomic mass is 15.2. The van der Waals surface area contributed by atoms with E-state index < -0.39 is 0 Å². The lowest BCUT2D eigenvalue weighted by Crippen LogP contribution is -2.46. The lowest BCUT2D eigenvalue weighted by atomic mass is 9.68. The molecular weight excluding hydrogens is 224 g/mol. The Morgan fingerprint density at radius 1 is 1.39 bits per heavy atom. The number of rotatable bonds is 2. The molecule has 0 amide bonds. The highest BCUT2D eigenvalue weighted by Crippen LogP contribution is 2.62. The molecule has 0 spiro atoms. The van der Waals surface area contributed by atoms with Crippen LogP contribution in [0.4, 0.5) is 11.8 Å². The zero-order chi connectivity index (χ0) is 13.0. The van der Waals surface area contributed by atoms with Crippen LogP contribution < -0.4 is 11.1 Å². The fourth-order valence-corrected chi connectivity index (χ4v) is 4.23. The van der Waals surface area contributed by atoms with Gasteiger partial charge in [0.05, 0.1) is 0 Å². The number of nitrogens with zero attached hydrogens (tertiary/aromatic N) is 2. The minimum Gasteiger partial charge on any atom is -0.384 e. The van der Waals surface area contributed by atoms with E-state index in [0.29, 0.717) is 28.6 Å². The van der Waals surface area contributed by atoms with Gasteiger partial charge in [-0.3, -0.25) is 0 Å². The third-order valence-corrected chi connectivity index (χ3v) is 5.22. The number of aromatic nitrogens is 2. The highest BCUT2D eigenvalue weighted by molar-refractivity contribution is 5.38. The Bertz CT molecular complexity index is 466. The predicted octanol–water partition coefficient (Wildman–Crippen LogP) is 2.69. The van der Waals surface area contributed by atoms with Crippen molar-refractivity contribution < 1.29 is 0 Å². The van der Waals surface area contributed by atoms with Gasteiger partial charge in [-0.2, -0.15) is 4.98 Å². The van der Waals surface area contributed by atoms with Gasteiger partial charge in [-0.1, -0.05) is 20.8 Å². The van der Waals surface area contributed by atoms with Crippen LogP contribution in [0, 0.1) is 16.7 Å². The van der Waals surface area contributed by atoms with Gasteiger partial charge in [0.1, 0.15) is 5.82 Å². The molecule has 1 aromatic heterocycles. The molecule has 0 aromatic carbocycles. The first-order chi connectivity index (χ1) is 8.42. The summed E-state index contributed by atoms with van der Waals surface area (Å²) in [6.07, 6.45) is 5.70. The molecule has 1 heterocycles. The van der Waals surface area contributed by atoms with Crippen molar-refractivity contribution in [3.05, 3.63) is 12.3 Å². The number of nitrogens with two attached hydrogens (primary N) is 1. The first-order valence-electron chi connectivity index (χ1n) is 6.77. The molecule has 0 saturated heterocycles. The third kappa shape index (κ3) is 1.58. The van der Waals surface area contributed by atoms with E-state index in [-0.39, 0.29) is 0 Å². The molecule has 3 atom stereocenters. The number of fused-ring (bicyclic) bond motifs is 2. The maximum atomic E-state index is 5.72. The molecule has 0 aliphatic heterocycles. The van der Waals surface area contributed by atoms with Crippen molar-refractivity contribution in [2.45, 2.75) is 46.1 Å². The van der Waals surface area contributed by atoms with Crippen LogP contribution in [0.5, 0.6) is 0 Å².